The van der Waals surface area contributed by atoms with Crippen molar-refractivity contribution < 1.29 is 25.5 Å². The van der Waals surface area contributed by atoms with Gasteiger partial charge < -0.3 is 20.5 Å². The van der Waals surface area contributed by atoms with Gasteiger partial charge in [-0.1, -0.05) is 18.2 Å². The molecule has 2 aromatic rings. The van der Waals surface area contributed by atoms with Crippen molar-refractivity contribution in [2.45, 2.75) is 12.3 Å². The topological polar surface area (TPSA) is 136 Å². The Morgan fingerprint density at radius 1 is 1.09 bits per heavy atom. The third kappa shape index (κ3) is 3.49. The standard InChI is InChI=1S/C15H14N2O6/c18-13-6-5-12(14(19)15(13)20)10(8-16-21)7-9-1-3-11(4-2-9)17(22)23/h1-6,8,10,18-21H,7H2. The molecule has 8 nitrogen and oxygen atoms in total. The van der Waals surface area contributed by atoms with Crippen LogP contribution in [0.15, 0.2) is 41.6 Å². The van der Waals surface area contributed by atoms with E-state index in [1.165, 1.54) is 24.3 Å². The maximum Gasteiger partial charge on any atom is 0.269 e. The Morgan fingerprint density at radius 3 is 2.30 bits per heavy atom. The Labute approximate surface area is 130 Å². The summed E-state index contributed by atoms with van der Waals surface area (Å²) in [4.78, 5) is 10.1. The van der Waals surface area contributed by atoms with E-state index in [-0.39, 0.29) is 17.7 Å². The summed E-state index contributed by atoms with van der Waals surface area (Å²) in [6.07, 6.45) is 1.42. The molecule has 2 rings (SSSR count). The van der Waals surface area contributed by atoms with Crippen LogP contribution < -0.4 is 0 Å². The highest BCUT2D eigenvalue weighted by Gasteiger charge is 2.19. The molecule has 0 aliphatic carbocycles. The van der Waals surface area contributed by atoms with Gasteiger partial charge in [0.2, 0.25) is 5.75 Å². The SMILES string of the molecule is O=[N+]([O-])c1ccc(CC(C=NO)c2ccc(O)c(O)c2O)cc1. The van der Waals surface area contributed by atoms with Gasteiger partial charge in [-0.15, -0.1) is 5.16 Å². The van der Waals surface area contributed by atoms with Gasteiger partial charge in [0.05, 0.1) is 11.1 Å². The number of non-ortho nitro benzene ring substituents is 1. The van der Waals surface area contributed by atoms with E-state index >= 15 is 0 Å². The first-order chi connectivity index (χ1) is 10.9. The molecule has 1 unspecified atom stereocenters. The molecule has 23 heavy (non-hydrogen) atoms. The Morgan fingerprint density at radius 2 is 1.74 bits per heavy atom. The van der Waals surface area contributed by atoms with Gasteiger partial charge in [-0.3, -0.25) is 10.1 Å². The highest BCUT2D eigenvalue weighted by molar-refractivity contribution is 5.71. The fourth-order valence-electron chi connectivity index (χ4n) is 2.21. The average Bonchev–Trinajstić information content (AvgIpc) is 2.53. The molecule has 0 spiro atoms. The predicted molar refractivity (Wildman–Crippen MR) is 81.3 cm³/mol. The number of oxime groups is 1. The summed E-state index contributed by atoms with van der Waals surface area (Å²) in [6, 6.07) is 8.38. The normalized spacial score (nSPS) is 12.3. The summed E-state index contributed by atoms with van der Waals surface area (Å²) in [5.74, 6) is -2.26. The second kappa shape index (κ2) is 6.65. The first-order valence-corrected chi connectivity index (χ1v) is 6.58. The number of rotatable bonds is 5. The van der Waals surface area contributed by atoms with Gasteiger partial charge in [0.1, 0.15) is 0 Å². The summed E-state index contributed by atoms with van der Waals surface area (Å²) >= 11 is 0. The molecule has 0 amide bonds. The molecular weight excluding hydrogens is 304 g/mol. The zero-order chi connectivity index (χ0) is 17.0. The van der Waals surface area contributed by atoms with Crippen molar-refractivity contribution in [3.8, 4) is 17.2 Å². The number of aromatic hydroxyl groups is 3. The Hall–Kier alpha value is -3.29. The quantitative estimate of drug-likeness (QED) is 0.220. The molecule has 8 heteroatoms. The first-order valence-electron chi connectivity index (χ1n) is 6.58. The van der Waals surface area contributed by atoms with Crippen molar-refractivity contribution in [1.82, 2.24) is 0 Å². The third-order valence-electron chi connectivity index (χ3n) is 3.41. The fourth-order valence-corrected chi connectivity index (χ4v) is 2.21. The number of nitro groups is 1. The van der Waals surface area contributed by atoms with E-state index in [4.69, 9.17) is 5.21 Å². The second-order valence-corrected chi connectivity index (χ2v) is 4.87. The minimum Gasteiger partial charge on any atom is -0.504 e. The van der Waals surface area contributed by atoms with Gasteiger partial charge in [0.15, 0.2) is 11.5 Å². The van der Waals surface area contributed by atoms with Gasteiger partial charge in [-0.05, 0) is 18.1 Å². The van der Waals surface area contributed by atoms with E-state index in [0.717, 1.165) is 6.21 Å². The van der Waals surface area contributed by atoms with Crippen LogP contribution in [0, 0.1) is 10.1 Å². The molecule has 0 saturated heterocycles. The number of phenols is 3. The van der Waals surface area contributed by atoms with Crippen LogP contribution in [0.3, 0.4) is 0 Å². The van der Waals surface area contributed by atoms with Crippen molar-refractivity contribution >= 4 is 11.9 Å². The van der Waals surface area contributed by atoms with Crippen LogP contribution in [0.2, 0.25) is 0 Å². The molecule has 1 atom stereocenters. The molecule has 0 heterocycles. The summed E-state index contributed by atoms with van der Waals surface area (Å²) in [6.45, 7) is 0. The van der Waals surface area contributed by atoms with Crippen LogP contribution in [-0.2, 0) is 6.42 Å². The highest BCUT2D eigenvalue weighted by Crippen LogP contribution is 2.40. The lowest BCUT2D eigenvalue weighted by atomic mass is 9.92. The molecule has 0 radical (unpaired) electrons. The van der Waals surface area contributed by atoms with Crippen molar-refractivity contribution in [2.24, 2.45) is 5.16 Å². The molecule has 0 fully saturated rings. The monoisotopic (exact) mass is 318 g/mol. The summed E-state index contributed by atoms with van der Waals surface area (Å²) in [7, 11) is 0. The van der Waals surface area contributed by atoms with Gasteiger partial charge in [-0.2, -0.15) is 0 Å². The minimum absolute atomic E-state index is 0.0498. The highest BCUT2D eigenvalue weighted by atomic mass is 16.6. The molecule has 4 N–H and O–H groups in total. The Balaban J connectivity index is 2.32. The van der Waals surface area contributed by atoms with Crippen LogP contribution in [-0.4, -0.2) is 31.7 Å². The third-order valence-corrected chi connectivity index (χ3v) is 3.41. The fraction of sp³-hybridized carbons (Fsp3) is 0.133. The lowest BCUT2D eigenvalue weighted by Gasteiger charge is -2.15. The van der Waals surface area contributed by atoms with Crippen molar-refractivity contribution in [1.29, 1.82) is 0 Å². The molecule has 0 saturated carbocycles. The molecule has 120 valence electrons. The van der Waals surface area contributed by atoms with Gasteiger partial charge in [0, 0.05) is 23.6 Å². The summed E-state index contributed by atoms with van der Waals surface area (Å²) < 4.78 is 0. The van der Waals surface area contributed by atoms with Crippen molar-refractivity contribution in [2.75, 3.05) is 0 Å². The largest absolute Gasteiger partial charge is 0.504 e. The van der Waals surface area contributed by atoms with E-state index in [2.05, 4.69) is 5.16 Å². The van der Waals surface area contributed by atoms with Crippen LogP contribution in [0.4, 0.5) is 5.69 Å². The van der Waals surface area contributed by atoms with Gasteiger partial charge in [-0.25, -0.2) is 0 Å². The number of hydrogen-bond donors (Lipinski definition) is 4. The number of nitro benzene ring substituents is 1. The maximum atomic E-state index is 10.6. The summed E-state index contributed by atoms with van der Waals surface area (Å²) in [5, 5.41) is 51.3. The van der Waals surface area contributed by atoms with Gasteiger partial charge >= 0.3 is 0 Å². The molecule has 0 bridgehead atoms. The van der Waals surface area contributed by atoms with Crippen LogP contribution in [0.5, 0.6) is 17.2 Å². The molecule has 2 aromatic carbocycles. The average molecular weight is 318 g/mol. The first kappa shape index (κ1) is 16.1. The zero-order valence-electron chi connectivity index (χ0n) is 11.8. The van der Waals surface area contributed by atoms with E-state index in [0.29, 0.717) is 5.56 Å². The maximum absolute atomic E-state index is 10.6. The number of hydrogen-bond acceptors (Lipinski definition) is 7. The Kier molecular flexibility index (Phi) is 4.65. The van der Waals surface area contributed by atoms with E-state index in [1.807, 2.05) is 0 Å². The van der Waals surface area contributed by atoms with Crippen LogP contribution >= 0.6 is 0 Å². The minimum atomic E-state index is -0.664. The number of benzene rings is 2. The lowest BCUT2D eigenvalue weighted by molar-refractivity contribution is -0.384. The Bertz CT molecular complexity index is 742. The lowest BCUT2D eigenvalue weighted by Crippen LogP contribution is -2.05. The molecule has 0 aliphatic rings. The second-order valence-electron chi connectivity index (χ2n) is 4.87. The molecule has 0 aliphatic heterocycles. The molecule has 0 aromatic heterocycles. The van der Waals surface area contributed by atoms with E-state index in [9.17, 15) is 25.4 Å². The van der Waals surface area contributed by atoms with Crippen molar-refractivity contribution in [3.63, 3.8) is 0 Å². The van der Waals surface area contributed by atoms with Crippen LogP contribution in [0.1, 0.15) is 17.0 Å². The molecular formula is C15H14N2O6. The number of phenolic OH excluding ortho intramolecular Hbond substituents is 3. The zero-order valence-corrected chi connectivity index (χ0v) is 11.8. The summed E-state index contributed by atoms with van der Waals surface area (Å²) in [5.41, 5.74) is 0.898. The van der Waals surface area contributed by atoms with E-state index < -0.39 is 28.1 Å². The van der Waals surface area contributed by atoms with Gasteiger partial charge in [0.25, 0.3) is 5.69 Å². The predicted octanol–water partition coefficient (Wildman–Crippen LogP) is 2.50. The number of nitrogens with zero attached hydrogens (tertiary/aromatic N) is 2. The smallest absolute Gasteiger partial charge is 0.269 e. The van der Waals surface area contributed by atoms with Crippen LogP contribution in [0.25, 0.3) is 0 Å². The van der Waals surface area contributed by atoms with Crippen molar-refractivity contribution in [3.05, 3.63) is 57.6 Å². The van der Waals surface area contributed by atoms with E-state index in [1.54, 1.807) is 12.1 Å².